The van der Waals surface area contributed by atoms with Crippen molar-refractivity contribution in [1.29, 1.82) is 0 Å². The van der Waals surface area contributed by atoms with Crippen molar-refractivity contribution in [1.82, 2.24) is 15.1 Å². The fourth-order valence-electron chi connectivity index (χ4n) is 7.84. The van der Waals surface area contributed by atoms with Crippen LogP contribution < -0.4 is 10.6 Å². The number of anilines is 1. The van der Waals surface area contributed by atoms with E-state index in [9.17, 15) is 14.4 Å². The first-order valence-electron chi connectivity index (χ1n) is 16.1. The Morgan fingerprint density at radius 1 is 1.07 bits per heavy atom. The van der Waals surface area contributed by atoms with Crippen LogP contribution in [0.15, 0.2) is 60.7 Å². The van der Waals surface area contributed by atoms with E-state index in [0.29, 0.717) is 40.5 Å². The molecule has 1 aliphatic carbocycles. The van der Waals surface area contributed by atoms with E-state index >= 15 is 0 Å². The average molecular weight is 654 g/mol. The molecule has 240 valence electrons. The van der Waals surface area contributed by atoms with E-state index in [-0.39, 0.29) is 23.8 Å². The van der Waals surface area contributed by atoms with Crippen LogP contribution in [0.2, 0.25) is 10.0 Å². The van der Waals surface area contributed by atoms with Gasteiger partial charge in [0.05, 0.1) is 28.0 Å². The second-order valence-electron chi connectivity index (χ2n) is 13.3. The third-order valence-electron chi connectivity index (χ3n) is 10.4. The number of nitrogens with zero attached hydrogens (tertiary/aromatic N) is 2. The van der Waals surface area contributed by atoms with E-state index in [1.807, 2.05) is 30.4 Å². The lowest BCUT2D eigenvalue weighted by molar-refractivity contribution is -0.141. The van der Waals surface area contributed by atoms with Crippen molar-refractivity contribution in [3.05, 3.63) is 76.3 Å². The predicted molar refractivity (Wildman–Crippen MR) is 176 cm³/mol. The van der Waals surface area contributed by atoms with Gasteiger partial charge in [-0.1, -0.05) is 92.4 Å². The van der Waals surface area contributed by atoms with Gasteiger partial charge in [0.2, 0.25) is 17.7 Å². The van der Waals surface area contributed by atoms with Crippen molar-refractivity contribution in [3.8, 4) is 0 Å². The highest BCUT2D eigenvalue weighted by Gasteiger charge is 2.72. The second-order valence-corrected chi connectivity index (χ2v) is 14.1. The lowest BCUT2D eigenvalue weighted by atomic mass is 9.73. The average Bonchev–Trinajstić information content (AvgIpc) is 3.65. The van der Waals surface area contributed by atoms with Crippen LogP contribution in [-0.2, 0) is 25.7 Å². The number of halogens is 2. The van der Waals surface area contributed by atoms with E-state index in [0.717, 1.165) is 32.4 Å². The van der Waals surface area contributed by atoms with E-state index in [1.54, 1.807) is 23.1 Å². The third kappa shape index (κ3) is 6.14. The Kier molecular flexibility index (Phi) is 9.31. The van der Waals surface area contributed by atoms with E-state index < -0.39 is 29.6 Å². The maximum absolute atomic E-state index is 14.3. The summed E-state index contributed by atoms with van der Waals surface area (Å²) in [5.74, 6) is -1.53. The van der Waals surface area contributed by atoms with Gasteiger partial charge in [-0.25, -0.2) is 0 Å². The van der Waals surface area contributed by atoms with Crippen molar-refractivity contribution in [3.63, 3.8) is 0 Å². The Hall–Kier alpha value is -2.91. The number of likely N-dealkylation sites (tertiary alicyclic amines) is 1. The van der Waals surface area contributed by atoms with Gasteiger partial charge >= 0.3 is 0 Å². The van der Waals surface area contributed by atoms with Gasteiger partial charge in [0.15, 0.2) is 0 Å². The monoisotopic (exact) mass is 652 g/mol. The summed E-state index contributed by atoms with van der Waals surface area (Å²) in [6.45, 7) is 6.33. The number of hydrogen-bond donors (Lipinski definition) is 2. The fourth-order valence-corrected chi connectivity index (χ4v) is 8.14. The van der Waals surface area contributed by atoms with Crippen LogP contribution in [0, 0.1) is 23.7 Å². The number of amides is 3. The summed E-state index contributed by atoms with van der Waals surface area (Å²) >= 11 is 12.3. The van der Waals surface area contributed by atoms with Gasteiger partial charge in [-0.15, -0.1) is 0 Å². The van der Waals surface area contributed by atoms with Crippen molar-refractivity contribution in [2.24, 2.45) is 23.7 Å². The minimum Gasteiger partial charge on any atom is -0.359 e. The van der Waals surface area contributed by atoms with E-state index in [4.69, 9.17) is 27.9 Å². The molecule has 0 radical (unpaired) electrons. The molecule has 1 spiro atoms. The normalized spacial score (nSPS) is 31.8. The molecule has 2 aromatic rings. The van der Waals surface area contributed by atoms with Gasteiger partial charge in [0, 0.05) is 24.8 Å². The van der Waals surface area contributed by atoms with Crippen molar-refractivity contribution in [2.75, 3.05) is 25.5 Å². The molecular formula is C35H42Cl2N4O4. The molecule has 3 aliphatic heterocycles. The summed E-state index contributed by atoms with van der Waals surface area (Å²) < 4.78 is 6.52. The zero-order chi connectivity index (χ0) is 31.9. The summed E-state index contributed by atoms with van der Waals surface area (Å²) in [4.78, 5) is 46.2. The molecule has 2 bridgehead atoms. The molecule has 3 amide bonds. The number of carbonyl (C=O) groups excluding carboxylic acids is 3. The van der Waals surface area contributed by atoms with E-state index in [2.05, 4.69) is 48.6 Å². The molecule has 6 rings (SSSR count). The molecule has 3 fully saturated rings. The molecule has 8 atom stereocenters. The number of fused-ring (bicyclic) bond motifs is 1. The maximum Gasteiger partial charge on any atom is 0.246 e. The largest absolute Gasteiger partial charge is 0.359 e. The Morgan fingerprint density at radius 3 is 2.60 bits per heavy atom. The molecule has 3 heterocycles. The Balaban J connectivity index is 1.23. The van der Waals surface area contributed by atoms with Crippen LogP contribution in [0.4, 0.5) is 5.69 Å². The van der Waals surface area contributed by atoms with Gasteiger partial charge in [0.1, 0.15) is 11.6 Å². The Morgan fingerprint density at radius 2 is 1.84 bits per heavy atom. The second kappa shape index (κ2) is 13.1. The standard InChI is InChI=1S/C35H42Cl2N4O4/c1-21-9-7-12-27(22(21)2)39-33(43)31-35-16-15-28(45-35)29(32(42)38-24-13-14-25(36)26(37)19-24)30(35)34(44)41(31)18-8-17-40(3)20-23-10-5-4-6-11-23/h4-6,10-11,13-16,19,21-22,27-31H,7-9,12,17-18,20H2,1-3H3,(H,38,42)(H,39,43). The van der Waals surface area contributed by atoms with Crippen molar-refractivity contribution >= 4 is 46.6 Å². The zero-order valence-electron chi connectivity index (χ0n) is 26.0. The molecule has 2 N–H and O–H groups in total. The number of benzene rings is 2. The molecule has 2 aromatic carbocycles. The van der Waals surface area contributed by atoms with Gasteiger partial charge in [-0.2, -0.15) is 0 Å². The minimum absolute atomic E-state index is 0.0296. The highest BCUT2D eigenvalue weighted by Crippen LogP contribution is 2.55. The first-order valence-corrected chi connectivity index (χ1v) is 16.8. The Bertz CT molecular complexity index is 1470. The quantitative estimate of drug-likeness (QED) is 0.329. The lowest BCUT2D eigenvalue weighted by Gasteiger charge is -2.38. The van der Waals surface area contributed by atoms with E-state index in [1.165, 1.54) is 5.56 Å². The van der Waals surface area contributed by atoms with Gasteiger partial charge in [-0.05, 0) is 62.0 Å². The number of nitrogens with one attached hydrogen (secondary N) is 2. The third-order valence-corrected chi connectivity index (χ3v) is 11.1. The molecule has 0 aromatic heterocycles. The molecular weight excluding hydrogens is 611 g/mol. The number of ether oxygens (including phenoxy) is 1. The fraction of sp³-hybridized carbons (Fsp3) is 0.514. The topological polar surface area (TPSA) is 91.0 Å². The van der Waals surface area contributed by atoms with Gasteiger partial charge < -0.3 is 25.2 Å². The van der Waals surface area contributed by atoms with Crippen LogP contribution in [0.3, 0.4) is 0 Å². The van der Waals surface area contributed by atoms with Crippen LogP contribution >= 0.6 is 23.2 Å². The van der Waals surface area contributed by atoms with Crippen LogP contribution in [0.5, 0.6) is 0 Å². The molecule has 8 nitrogen and oxygen atoms in total. The number of hydrogen-bond acceptors (Lipinski definition) is 5. The predicted octanol–water partition coefficient (Wildman–Crippen LogP) is 5.55. The molecule has 10 heteroatoms. The van der Waals surface area contributed by atoms with Crippen molar-refractivity contribution in [2.45, 2.75) is 69.9 Å². The lowest BCUT2D eigenvalue weighted by Crippen LogP contribution is -2.58. The summed E-state index contributed by atoms with van der Waals surface area (Å²) in [6.07, 6.45) is 6.88. The van der Waals surface area contributed by atoms with Gasteiger partial charge in [-0.3, -0.25) is 14.4 Å². The van der Waals surface area contributed by atoms with Crippen LogP contribution in [-0.4, -0.2) is 71.4 Å². The maximum atomic E-state index is 14.3. The Labute approximate surface area is 275 Å². The zero-order valence-corrected chi connectivity index (χ0v) is 27.6. The first-order chi connectivity index (χ1) is 21.6. The molecule has 2 saturated heterocycles. The first kappa shape index (κ1) is 32.0. The van der Waals surface area contributed by atoms with Crippen LogP contribution in [0.25, 0.3) is 0 Å². The van der Waals surface area contributed by atoms with Crippen LogP contribution in [0.1, 0.15) is 45.1 Å². The molecule has 8 unspecified atom stereocenters. The summed E-state index contributed by atoms with van der Waals surface area (Å²) in [7, 11) is 2.05. The summed E-state index contributed by atoms with van der Waals surface area (Å²) in [5.41, 5.74) is 0.490. The SMILES string of the molecule is CC1CCCC(NC(=O)C2N(CCCN(C)Cc3ccccc3)C(=O)C3C(C(=O)Nc4ccc(Cl)c(Cl)c4)C4C=CC32O4)C1C. The minimum atomic E-state index is -1.20. The highest BCUT2D eigenvalue weighted by molar-refractivity contribution is 6.42. The summed E-state index contributed by atoms with van der Waals surface area (Å²) in [5, 5.41) is 6.93. The molecule has 45 heavy (non-hydrogen) atoms. The van der Waals surface area contributed by atoms with Gasteiger partial charge in [0.25, 0.3) is 0 Å². The molecule has 4 aliphatic rings. The molecule has 1 saturated carbocycles. The van der Waals surface area contributed by atoms with Crippen molar-refractivity contribution < 1.29 is 19.1 Å². The summed E-state index contributed by atoms with van der Waals surface area (Å²) in [6, 6.07) is 14.3. The number of rotatable bonds is 10. The smallest absolute Gasteiger partial charge is 0.246 e. The highest BCUT2D eigenvalue weighted by atomic mass is 35.5. The number of carbonyl (C=O) groups is 3.